The van der Waals surface area contributed by atoms with Crippen LogP contribution in [0.2, 0.25) is 0 Å². The van der Waals surface area contributed by atoms with Crippen LogP contribution in [0.3, 0.4) is 0 Å². The number of rotatable bonds is 7. The highest BCUT2D eigenvalue weighted by molar-refractivity contribution is 5.92. The van der Waals surface area contributed by atoms with Gasteiger partial charge < -0.3 is 19.0 Å². The number of ether oxygens (including phenoxy) is 1. The SMILES string of the molecule is CCN1CCN(C(=O)N(Cc2ccc(-c3nnc(C(F)F)o3)cc2F)c2cccc(OC)c2)CC1. The summed E-state index contributed by atoms with van der Waals surface area (Å²) in [5, 5.41) is 6.83. The van der Waals surface area contributed by atoms with E-state index in [1.165, 1.54) is 24.1 Å². The summed E-state index contributed by atoms with van der Waals surface area (Å²) in [7, 11) is 1.53. The van der Waals surface area contributed by atoms with E-state index in [0.717, 1.165) is 25.7 Å². The van der Waals surface area contributed by atoms with Gasteiger partial charge in [-0.05, 0) is 30.8 Å². The molecule has 2 aromatic carbocycles. The van der Waals surface area contributed by atoms with E-state index < -0.39 is 18.1 Å². The molecule has 2 amide bonds. The Hall–Kier alpha value is -3.60. The topological polar surface area (TPSA) is 74.9 Å². The first kappa shape index (κ1) is 24.5. The highest BCUT2D eigenvalue weighted by atomic mass is 19.3. The molecule has 0 radical (unpaired) electrons. The van der Waals surface area contributed by atoms with Gasteiger partial charge in [0.1, 0.15) is 11.6 Å². The number of benzene rings is 2. The Morgan fingerprint density at radius 2 is 1.91 bits per heavy atom. The van der Waals surface area contributed by atoms with Gasteiger partial charge in [-0.1, -0.05) is 19.1 Å². The number of aromatic nitrogens is 2. The fraction of sp³-hybridized carbons (Fsp3) is 0.375. The number of likely N-dealkylation sites (N-methyl/N-ethyl adjacent to an activating group) is 1. The van der Waals surface area contributed by atoms with Crippen molar-refractivity contribution < 1.29 is 27.1 Å². The van der Waals surface area contributed by atoms with E-state index in [0.29, 0.717) is 24.5 Å². The minimum Gasteiger partial charge on any atom is -0.497 e. The van der Waals surface area contributed by atoms with Gasteiger partial charge in [-0.15, -0.1) is 10.2 Å². The number of halogens is 3. The van der Waals surface area contributed by atoms with Crippen LogP contribution < -0.4 is 9.64 Å². The minimum atomic E-state index is -2.91. The first-order valence-corrected chi connectivity index (χ1v) is 11.2. The van der Waals surface area contributed by atoms with Crippen LogP contribution in [0, 0.1) is 5.82 Å². The maximum atomic E-state index is 15.1. The Morgan fingerprint density at radius 3 is 2.54 bits per heavy atom. The van der Waals surface area contributed by atoms with E-state index in [-0.39, 0.29) is 29.6 Å². The Morgan fingerprint density at radius 1 is 1.14 bits per heavy atom. The average molecular weight is 489 g/mol. The summed E-state index contributed by atoms with van der Waals surface area (Å²) >= 11 is 0. The van der Waals surface area contributed by atoms with Crippen molar-refractivity contribution in [3.63, 3.8) is 0 Å². The molecular weight excluding hydrogens is 463 g/mol. The van der Waals surface area contributed by atoms with Crippen molar-refractivity contribution in [1.82, 2.24) is 20.0 Å². The average Bonchev–Trinajstić information content (AvgIpc) is 3.38. The molecule has 0 spiro atoms. The maximum absolute atomic E-state index is 15.1. The normalized spacial score (nSPS) is 14.4. The number of carbonyl (C=O) groups excluding carboxylic acids is 1. The predicted molar refractivity (Wildman–Crippen MR) is 123 cm³/mol. The lowest BCUT2D eigenvalue weighted by molar-refractivity contribution is 0.116. The summed E-state index contributed by atoms with van der Waals surface area (Å²) in [4.78, 5) is 19.0. The standard InChI is InChI=1S/C24H26F3N5O3/c1-3-30-9-11-31(12-10-30)24(33)32(18-5-4-6-19(14-18)34-2)15-17-8-7-16(13-20(17)25)22-28-29-23(35-22)21(26)27/h4-8,13-14,21H,3,9-12,15H2,1-2H3. The van der Waals surface area contributed by atoms with Crippen molar-refractivity contribution >= 4 is 11.7 Å². The zero-order valence-electron chi connectivity index (χ0n) is 19.5. The van der Waals surface area contributed by atoms with Crippen LogP contribution in [0.4, 0.5) is 23.7 Å². The van der Waals surface area contributed by atoms with E-state index in [4.69, 9.17) is 9.15 Å². The first-order chi connectivity index (χ1) is 16.9. The maximum Gasteiger partial charge on any atom is 0.324 e. The molecule has 0 atom stereocenters. The van der Waals surface area contributed by atoms with Gasteiger partial charge in [0, 0.05) is 49.1 Å². The Labute approximate surface area is 200 Å². The predicted octanol–water partition coefficient (Wildman–Crippen LogP) is 4.59. The molecule has 1 aliphatic heterocycles. The van der Waals surface area contributed by atoms with Gasteiger partial charge in [0.2, 0.25) is 5.89 Å². The second kappa shape index (κ2) is 10.8. The van der Waals surface area contributed by atoms with Gasteiger partial charge in [0.15, 0.2) is 0 Å². The van der Waals surface area contributed by atoms with E-state index >= 15 is 4.39 Å². The highest BCUT2D eigenvalue weighted by Crippen LogP contribution is 2.28. The summed E-state index contributed by atoms with van der Waals surface area (Å²) in [6.07, 6.45) is -2.91. The van der Waals surface area contributed by atoms with Crippen molar-refractivity contribution in [2.45, 2.75) is 19.9 Å². The molecule has 186 valence electrons. The third kappa shape index (κ3) is 5.56. The van der Waals surface area contributed by atoms with Gasteiger partial charge >= 0.3 is 12.5 Å². The third-order valence-electron chi connectivity index (χ3n) is 5.94. The molecule has 1 aromatic heterocycles. The number of hydrogen-bond acceptors (Lipinski definition) is 6. The molecule has 0 unspecified atom stereocenters. The van der Waals surface area contributed by atoms with Crippen LogP contribution in [0.1, 0.15) is 24.8 Å². The first-order valence-electron chi connectivity index (χ1n) is 11.2. The Balaban J connectivity index is 1.60. The number of nitrogens with zero attached hydrogens (tertiary/aromatic N) is 5. The largest absolute Gasteiger partial charge is 0.497 e. The van der Waals surface area contributed by atoms with Crippen molar-refractivity contribution in [2.75, 3.05) is 44.7 Å². The van der Waals surface area contributed by atoms with E-state index in [1.807, 2.05) is 0 Å². The highest BCUT2D eigenvalue weighted by Gasteiger charge is 2.27. The molecule has 2 heterocycles. The number of urea groups is 1. The van der Waals surface area contributed by atoms with Crippen LogP contribution in [0.5, 0.6) is 5.75 Å². The molecule has 11 heteroatoms. The molecule has 0 bridgehead atoms. The van der Waals surface area contributed by atoms with Crippen molar-refractivity contribution in [3.8, 4) is 17.2 Å². The summed E-state index contributed by atoms with van der Waals surface area (Å²) in [5.41, 5.74) is 0.973. The van der Waals surface area contributed by atoms with Gasteiger partial charge in [0.25, 0.3) is 5.89 Å². The second-order valence-electron chi connectivity index (χ2n) is 8.04. The molecule has 0 saturated carbocycles. The van der Waals surface area contributed by atoms with Crippen LogP contribution in [-0.2, 0) is 6.54 Å². The Kier molecular flexibility index (Phi) is 7.54. The third-order valence-corrected chi connectivity index (χ3v) is 5.94. The molecule has 1 fully saturated rings. The van der Waals surface area contributed by atoms with Gasteiger partial charge in [-0.25, -0.2) is 9.18 Å². The molecule has 4 rings (SSSR count). The summed E-state index contributed by atoms with van der Waals surface area (Å²) < 4.78 is 50.8. The van der Waals surface area contributed by atoms with E-state index in [9.17, 15) is 13.6 Å². The van der Waals surface area contributed by atoms with Gasteiger partial charge in [0.05, 0.1) is 13.7 Å². The van der Waals surface area contributed by atoms with Crippen LogP contribution >= 0.6 is 0 Å². The van der Waals surface area contributed by atoms with Crippen molar-refractivity contribution in [2.24, 2.45) is 0 Å². The number of alkyl halides is 2. The van der Waals surface area contributed by atoms with E-state index in [1.54, 1.807) is 29.2 Å². The number of methoxy groups -OCH3 is 1. The Bertz CT molecular complexity index is 1160. The van der Waals surface area contributed by atoms with Gasteiger partial charge in [-0.3, -0.25) is 4.90 Å². The lowest BCUT2D eigenvalue weighted by atomic mass is 10.1. The number of hydrogen-bond donors (Lipinski definition) is 0. The van der Waals surface area contributed by atoms with Crippen LogP contribution in [0.25, 0.3) is 11.5 Å². The molecule has 0 aliphatic carbocycles. The molecule has 8 nitrogen and oxygen atoms in total. The lowest BCUT2D eigenvalue weighted by Crippen LogP contribution is -2.52. The summed E-state index contributed by atoms with van der Waals surface area (Å²) in [6.45, 7) is 5.62. The monoisotopic (exact) mass is 489 g/mol. The molecular formula is C24H26F3N5O3. The number of anilines is 1. The molecule has 35 heavy (non-hydrogen) atoms. The molecule has 3 aromatic rings. The van der Waals surface area contributed by atoms with Crippen LogP contribution in [0.15, 0.2) is 46.9 Å². The minimum absolute atomic E-state index is 0.0434. The van der Waals surface area contributed by atoms with Crippen LogP contribution in [-0.4, -0.2) is 65.9 Å². The van der Waals surface area contributed by atoms with E-state index in [2.05, 4.69) is 22.0 Å². The van der Waals surface area contributed by atoms with Crippen molar-refractivity contribution in [1.29, 1.82) is 0 Å². The lowest BCUT2D eigenvalue weighted by Gasteiger charge is -2.37. The molecule has 1 aliphatic rings. The number of piperazine rings is 1. The smallest absolute Gasteiger partial charge is 0.324 e. The number of carbonyl (C=O) groups is 1. The summed E-state index contributed by atoms with van der Waals surface area (Å²) in [6, 6.07) is 10.9. The van der Waals surface area contributed by atoms with Crippen molar-refractivity contribution in [3.05, 3.63) is 59.7 Å². The fourth-order valence-electron chi connectivity index (χ4n) is 3.89. The summed E-state index contributed by atoms with van der Waals surface area (Å²) in [5.74, 6) is -1.10. The molecule has 0 N–H and O–H groups in total. The molecule has 1 saturated heterocycles. The number of amides is 2. The second-order valence-corrected chi connectivity index (χ2v) is 8.04. The zero-order valence-corrected chi connectivity index (χ0v) is 19.5. The quantitative estimate of drug-likeness (QED) is 0.484. The van der Waals surface area contributed by atoms with Gasteiger partial charge in [-0.2, -0.15) is 8.78 Å². The zero-order chi connectivity index (χ0) is 24.9. The fourth-order valence-corrected chi connectivity index (χ4v) is 3.89.